The summed E-state index contributed by atoms with van der Waals surface area (Å²) in [5, 5.41) is 3.46. The van der Waals surface area contributed by atoms with Crippen LogP contribution >= 0.6 is 11.6 Å². The fourth-order valence-electron chi connectivity index (χ4n) is 1.48. The molecule has 0 aliphatic heterocycles. The van der Waals surface area contributed by atoms with Crippen LogP contribution in [0.3, 0.4) is 0 Å². The van der Waals surface area contributed by atoms with Crippen molar-refractivity contribution >= 4 is 17.4 Å². The van der Waals surface area contributed by atoms with E-state index in [2.05, 4.69) is 29.1 Å². The second kappa shape index (κ2) is 5.48. The van der Waals surface area contributed by atoms with Crippen LogP contribution in [0.5, 0.6) is 0 Å². The second-order valence-electron chi connectivity index (χ2n) is 4.42. The standard InChI is InChI=1S/C12H20ClN3/c1-5-12(4,6-7-13)16-11-10(3)14-8-9(2)15-11/h8H,5-7H2,1-4H3,(H,15,16). The Balaban J connectivity index is 2.89. The van der Waals surface area contributed by atoms with Gasteiger partial charge in [0.25, 0.3) is 0 Å². The van der Waals surface area contributed by atoms with Crippen LogP contribution in [0.2, 0.25) is 0 Å². The third-order valence-corrected chi connectivity index (χ3v) is 3.11. The number of hydrogen-bond acceptors (Lipinski definition) is 3. The normalized spacial score (nSPS) is 14.6. The zero-order valence-corrected chi connectivity index (χ0v) is 11.2. The lowest BCUT2D eigenvalue weighted by Gasteiger charge is -2.30. The molecule has 0 aromatic carbocycles. The molecule has 4 heteroatoms. The highest BCUT2D eigenvalue weighted by Crippen LogP contribution is 2.22. The third-order valence-electron chi connectivity index (χ3n) is 2.92. The predicted octanol–water partition coefficient (Wildman–Crippen LogP) is 3.30. The van der Waals surface area contributed by atoms with Gasteiger partial charge in [-0.3, -0.25) is 4.98 Å². The van der Waals surface area contributed by atoms with E-state index in [4.69, 9.17) is 11.6 Å². The summed E-state index contributed by atoms with van der Waals surface area (Å²) in [6, 6.07) is 0. The van der Waals surface area contributed by atoms with Crippen LogP contribution in [-0.4, -0.2) is 21.4 Å². The van der Waals surface area contributed by atoms with Gasteiger partial charge in [-0.05, 0) is 33.6 Å². The Hall–Kier alpha value is -0.830. The van der Waals surface area contributed by atoms with E-state index in [0.29, 0.717) is 5.88 Å². The van der Waals surface area contributed by atoms with Crippen LogP contribution < -0.4 is 5.32 Å². The molecule has 1 unspecified atom stereocenters. The van der Waals surface area contributed by atoms with Crippen molar-refractivity contribution in [3.05, 3.63) is 17.6 Å². The quantitative estimate of drug-likeness (QED) is 0.804. The number of rotatable bonds is 5. The highest BCUT2D eigenvalue weighted by Gasteiger charge is 2.22. The Morgan fingerprint density at radius 2 is 2.12 bits per heavy atom. The number of nitrogens with zero attached hydrogens (tertiary/aromatic N) is 2. The second-order valence-corrected chi connectivity index (χ2v) is 4.80. The number of halogens is 1. The first kappa shape index (κ1) is 13.2. The lowest BCUT2D eigenvalue weighted by molar-refractivity contribution is 0.478. The average molecular weight is 242 g/mol. The van der Waals surface area contributed by atoms with E-state index in [1.807, 2.05) is 13.8 Å². The van der Waals surface area contributed by atoms with Gasteiger partial charge in [0, 0.05) is 17.6 Å². The maximum Gasteiger partial charge on any atom is 0.148 e. The number of hydrogen-bond donors (Lipinski definition) is 1. The van der Waals surface area contributed by atoms with Gasteiger partial charge in [-0.2, -0.15) is 0 Å². The van der Waals surface area contributed by atoms with Gasteiger partial charge < -0.3 is 5.32 Å². The molecule has 0 aliphatic rings. The van der Waals surface area contributed by atoms with Crippen molar-refractivity contribution in [2.45, 2.75) is 46.1 Å². The fourth-order valence-corrected chi connectivity index (χ4v) is 1.90. The molecule has 0 radical (unpaired) electrons. The number of anilines is 1. The Labute approximate surface area is 103 Å². The Morgan fingerprint density at radius 1 is 1.44 bits per heavy atom. The minimum absolute atomic E-state index is 0.00498. The summed E-state index contributed by atoms with van der Waals surface area (Å²) in [7, 11) is 0. The molecule has 1 rings (SSSR count). The lowest BCUT2D eigenvalue weighted by Crippen LogP contribution is -2.35. The molecule has 0 bridgehead atoms. The van der Waals surface area contributed by atoms with E-state index >= 15 is 0 Å². The SMILES string of the molecule is CCC(C)(CCCl)Nc1nc(C)cnc1C. The van der Waals surface area contributed by atoms with Gasteiger partial charge in [-0.15, -0.1) is 11.6 Å². The molecule has 1 aromatic heterocycles. The number of aryl methyl sites for hydroxylation is 2. The molecular weight excluding hydrogens is 222 g/mol. The highest BCUT2D eigenvalue weighted by molar-refractivity contribution is 6.17. The van der Waals surface area contributed by atoms with E-state index in [1.54, 1.807) is 6.20 Å². The third kappa shape index (κ3) is 3.34. The van der Waals surface area contributed by atoms with E-state index < -0.39 is 0 Å². The van der Waals surface area contributed by atoms with Gasteiger partial charge in [0.2, 0.25) is 0 Å². The van der Waals surface area contributed by atoms with Gasteiger partial charge >= 0.3 is 0 Å². The maximum atomic E-state index is 5.83. The van der Waals surface area contributed by atoms with Gasteiger partial charge in [0.05, 0.1) is 11.4 Å². The van der Waals surface area contributed by atoms with Crippen molar-refractivity contribution in [1.29, 1.82) is 0 Å². The highest BCUT2D eigenvalue weighted by atomic mass is 35.5. The van der Waals surface area contributed by atoms with Crippen molar-refractivity contribution in [3.63, 3.8) is 0 Å². The number of aromatic nitrogens is 2. The Morgan fingerprint density at radius 3 is 2.69 bits per heavy atom. The van der Waals surface area contributed by atoms with Crippen molar-refractivity contribution in [1.82, 2.24) is 9.97 Å². The molecule has 0 spiro atoms. The molecule has 0 amide bonds. The van der Waals surface area contributed by atoms with Crippen LogP contribution in [0.25, 0.3) is 0 Å². The molecule has 0 aliphatic carbocycles. The zero-order chi connectivity index (χ0) is 12.2. The summed E-state index contributed by atoms with van der Waals surface area (Å²) in [5.41, 5.74) is 1.85. The van der Waals surface area contributed by atoms with Gasteiger partial charge in [0.15, 0.2) is 0 Å². The Kier molecular flexibility index (Phi) is 4.54. The lowest BCUT2D eigenvalue weighted by atomic mass is 9.95. The van der Waals surface area contributed by atoms with Crippen molar-refractivity contribution in [3.8, 4) is 0 Å². The van der Waals surface area contributed by atoms with E-state index in [-0.39, 0.29) is 5.54 Å². The van der Waals surface area contributed by atoms with Crippen LogP contribution in [0.15, 0.2) is 6.20 Å². The van der Waals surface area contributed by atoms with E-state index in [0.717, 1.165) is 30.0 Å². The molecular formula is C12H20ClN3. The Bertz CT molecular complexity index is 354. The molecule has 16 heavy (non-hydrogen) atoms. The van der Waals surface area contributed by atoms with Gasteiger partial charge in [-0.1, -0.05) is 6.92 Å². The summed E-state index contributed by atoms with van der Waals surface area (Å²) in [4.78, 5) is 8.77. The summed E-state index contributed by atoms with van der Waals surface area (Å²) in [6.07, 6.45) is 3.71. The first-order valence-electron chi connectivity index (χ1n) is 5.65. The summed E-state index contributed by atoms with van der Waals surface area (Å²) in [5.74, 6) is 1.52. The van der Waals surface area contributed by atoms with E-state index in [1.165, 1.54) is 0 Å². The summed E-state index contributed by atoms with van der Waals surface area (Å²) in [6.45, 7) is 8.23. The van der Waals surface area contributed by atoms with E-state index in [9.17, 15) is 0 Å². The van der Waals surface area contributed by atoms with Crippen LogP contribution in [-0.2, 0) is 0 Å². The minimum Gasteiger partial charge on any atom is -0.363 e. The van der Waals surface area contributed by atoms with Crippen molar-refractivity contribution in [2.24, 2.45) is 0 Å². The fraction of sp³-hybridized carbons (Fsp3) is 0.667. The molecule has 0 saturated carbocycles. The predicted molar refractivity (Wildman–Crippen MR) is 69.2 cm³/mol. The van der Waals surface area contributed by atoms with Crippen molar-refractivity contribution in [2.75, 3.05) is 11.2 Å². The first-order valence-corrected chi connectivity index (χ1v) is 6.18. The molecule has 1 N–H and O–H groups in total. The number of alkyl halides is 1. The average Bonchev–Trinajstić information content (AvgIpc) is 2.24. The molecule has 1 atom stereocenters. The molecule has 3 nitrogen and oxygen atoms in total. The van der Waals surface area contributed by atoms with Gasteiger partial charge in [-0.25, -0.2) is 4.98 Å². The van der Waals surface area contributed by atoms with Crippen LogP contribution in [0.1, 0.15) is 38.1 Å². The minimum atomic E-state index is -0.00498. The smallest absolute Gasteiger partial charge is 0.148 e. The van der Waals surface area contributed by atoms with Crippen LogP contribution in [0.4, 0.5) is 5.82 Å². The summed E-state index contributed by atoms with van der Waals surface area (Å²) >= 11 is 5.83. The zero-order valence-electron chi connectivity index (χ0n) is 10.5. The van der Waals surface area contributed by atoms with Gasteiger partial charge in [0.1, 0.15) is 5.82 Å². The molecule has 1 heterocycles. The topological polar surface area (TPSA) is 37.8 Å². The van der Waals surface area contributed by atoms with Crippen molar-refractivity contribution < 1.29 is 0 Å². The molecule has 0 saturated heterocycles. The molecule has 0 fully saturated rings. The maximum absolute atomic E-state index is 5.83. The largest absolute Gasteiger partial charge is 0.363 e. The first-order chi connectivity index (χ1) is 7.50. The molecule has 1 aromatic rings. The summed E-state index contributed by atoms with van der Waals surface area (Å²) < 4.78 is 0. The molecule has 90 valence electrons. The monoisotopic (exact) mass is 241 g/mol. The van der Waals surface area contributed by atoms with Crippen LogP contribution in [0, 0.1) is 13.8 Å². The number of nitrogens with one attached hydrogen (secondary N) is 1.